The van der Waals surface area contributed by atoms with Crippen molar-refractivity contribution >= 4 is 23.4 Å². The largest absolute Gasteiger partial charge is 0.497 e. The van der Waals surface area contributed by atoms with Gasteiger partial charge in [0.1, 0.15) is 11.6 Å². The Kier molecular flexibility index (Phi) is 6.94. The van der Waals surface area contributed by atoms with Crippen LogP contribution in [0.25, 0.3) is 0 Å². The number of nitrogens with zero attached hydrogens (tertiary/aromatic N) is 1. The first kappa shape index (κ1) is 22.8. The third kappa shape index (κ3) is 5.34. The average Bonchev–Trinajstić information content (AvgIpc) is 3.29. The summed E-state index contributed by atoms with van der Waals surface area (Å²) in [5.74, 6) is -0.600. The molecule has 1 fully saturated rings. The number of likely N-dealkylation sites (tertiary alicyclic amines) is 1. The highest BCUT2D eigenvalue weighted by Gasteiger charge is 2.40. The Bertz CT molecular complexity index is 1150. The molecule has 0 bridgehead atoms. The van der Waals surface area contributed by atoms with Crippen molar-refractivity contribution in [2.45, 2.75) is 12.5 Å². The first-order valence-electron chi connectivity index (χ1n) is 10.7. The fourth-order valence-corrected chi connectivity index (χ4v) is 4.36. The summed E-state index contributed by atoms with van der Waals surface area (Å²) < 4.78 is 18.5. The minimum Gasteiger partial charge on any atom is -0.497 e. The van der Waals surface area contributed by atoms with E-state index in [0.717, 1.165) is 11.1 Å². The standard InChI is InChI=1S/C26H24ClFN2O3/c1-33-22-7-3-4-18(13-22)23-15-30(26(32)19-5-2-6-20(27)12-19)16-24(23)25(31)29-14-17-8-10-21(28)11-9-17/h2-13,23-24H,14-16H2,1H3,(H,29,31)/t23-,24-/m1/s1. The number of halogens is 2. The number of methoxy groups -OCH3 is 1. The van der Waals surface area contributed by atoms with Crippen molar-refractivity contribution in [3.8, 4) is 5.75 Å². The quantitative estimate of drug-likeness (QED) is 0.574. The van der Waals surface area contributed by atoms with Crippen LogP contribution in [0.15, 0.2) is 72.8 Å². The zero-order valence-corrected chi connectivity index (χ0v) is 18.9. The van der Waals surface area contributed by atoms with Crippen LogP contribution in [0.3, 0.4) is 0 Å². The van der Waals surface area contributed by atoms with E-state index < -0.39 is 5.92 Å². The zero-order chi connectivity index (χ0) is 23.4. The van der Waals surface area contributed by atoms with Crippen LogP contribution in [0.2, 0.25) is 5.02 Å². The van der Waals surface area contributed by atoms with E-state index in [0.29, 0.717) is 22.9 Å². The minimum absolute atomic E-state index is 0.159. The average molecular weight is 467 g/mol. The molecule has 7 heteroatoms. The monoisotopic (exact) mass is 466 g/mol. The highest BCUT2D eigenvalue weighted by atomic mass is 35.5. The lowest BCUT2D eigenvalue weighted by Gasteiger charge is -2.18. The molecule has 0 aromatic heterocycles. The van der Waals surface area contributed by atoms with Crippen molar-refractivity contribution in [2.75, 3.05) is 20.2 Å². The summed E-state index contributed by atoms with van der Waals surface area (Å²) in [6.45, 7) is 0.957. The Morgan fingerprint density at radius 1 is 1.06 bits per heavy atom. The zero-order valence-electron chi connectivity index (χ0n) is 18.1. The second-order valence-corrected chi connectivity index (χ2v) is 8.49. The Hall–Kier alpha value is -3.38. The molecule has 1 saturated heterocycles. The predicted molar refractivity (Wildman–Crippen MR) is 125 cm³/mol. The highest BCUT2D eigenvalue weighted by molar-refractivity contribution is 6.30. The fraction of sp³-hybridized carbons (Fsp3) is 0.231. The van der Waals surface area contributed by atoms with Crippen molar-refractivity contribution in [3.63, 3.8) is 0 Å². The highest BCUT2D eigenvalue weighted by Crippen LogP contribution is 2.35. The number of hydrogen-bond donors (Lipinski definition) is 1. The molecule has 0 spiro atoms. The van der Waals surface area contributed by atoms with Crippen LogP contribution in [-0.2, 0) is 11.3 Å². The number of nitrogens with one attached hydrogen (secondary N) is 1. The van der Waals surface area contributed by atoms with Crippen molar-refractivity contribution in [1.82, 2.24) is 10.2 Å². The molecule has 4 rings (SSSR count). The van der Waals surface area contributed by atoms with Gasteiger partial charge >= 0.3 is 0 Å². The number of benzene rings is 3. The van der Waals surface area contributed by atoms with E-state index in [1.165, 1.54) is 12.1 Å². The first-order valence-corrected chi connectivity index (χ1v) is 11.0. The van der Waals surface area contributed by atoms with Crippen LogP contribution in [0.5, 0.6) is 5.75 Å². The minimum atomic E-state index is -0.444. The van der Waals surface area contributed by atoms with E-state index in [4.69, 9.17) is 16.3 Å². The molecule has 0 radical (unpaired) electrons. The Morgan fingerprint density at radius 2 is 1.82 bits per heavy atom. The lowest BCUT2D eigenvalue weighted by Crippen LogP contribution is -2.35. The van der Waals surface area contributed by atoms with Gasteiger partial charge in [0.15, 0.2) is 0 Å². The van der Waals surface area contributed by atoms with Crippen LogP contribution in [0, 0.1) is 11.7 Å². The van der Waals surface area contributed by atoms with Crippen LogP contribution in [-0.4, -0.2) is 36.9 Å². The number of rotatable bonds is 6. The van der Waals surface area contributed by atoms with E-state index in [9.17, 15) is 14.0 Å². The SMILES string of the molecule is COc1cccc([C@H]2CN(C(=O)c3cccc(Cl)c3)C[C@H]2C(=O)NCc2ccc(F)cc2)c1. The summed E-state index contributed by atoms with van der Waals surface area (Å²) in [4.78, 5) is 28.1. The number of ether oxygens (including phenoxy) is 1. The molecule has 0 saturated carbocycles. The molecule has 1 N–H and O–H groups in total. The van der Waals surface area contributed by atoms with Gasteiger partial charge in [-0.2, -0.15) is 0 Å². The molecule has 3 aromatic carbocycles. The van der Waals surface area contributed by atoms with Gasteiger partial charge in [0, 0.05) is 36.1 Å². The summed E-state index contributed by atoms with van der Waals surface area (Å²) >= 11 is 6.07. The molecular formula is C26H24ClFN2O3. The van der Waals surface area contributed by atoms with Gasteiger partial charge in [-0.1, -0.05) is 41.9 Å². The first-order chi connectivity index (χ1) is 15.9. The summed E-state index contributed by atoms with van der Waals surface area (Å²) in [7, 11) is 1.59. The number of carbonyl (C=O) groups excluding carboxylic acids is 2. The molecule has 5 nitrogen and oxygen atoms in total. The maximum atomic E-state index is 13.2. The van der Waals surface area contributed by atoms with Gasteiger partial charge in [-0.25, -0.2) is 4.39 Å². The molecular weight excluding hydrogens is 443 g/mol. The van der Waals surface area contributed by atoms with E-state index >= 15 is 0 Å². The summed E-state index contributed by atoms with van der Waals surface area (Å²) in [6, 6.07) is 20.4. The Balaban J connectivity index is 1.56. The smallest absolute Gasteiger partial charge is 0.253 e. The molecule has 1 heterocycles. The van der Waals surface area contributed by atoms with E-state index in [1.807, 2.05) is 24.3 Å². The lowest BCUT2D eigenvalue weighted by atomic mass is 9.88. The van der Waals surface area contributed by atoms with Gasteiger partial charge in [0.2, 0.25) is 5.91 Å². The molecule has 170 valence electrons. The fourth-order valence-electron chi connectivity index (χ4n) is 4.17. The third-order valence-corrected chi connectivity index (χ3v) is 6.15. The molecule has 0 aliphatic carbocycles. The lowest BCUT2D eigenvalue weighted by molar-refractivity contribution is -0.125. The van der Waals surface area contributed by atoms with Crippen molar-refractivity contribution in [1.29, 1.82) is 0 Å². The van der Waals surface area contributed by atoms with Gasteiger partial charge in [-0.15, -0.1) is 0 Å². The number of hydrogen-bond acceptors (Lipinski definition) is 3. The van der Waals surface area contributed by atoms with E-state index in [2.05, 4.69) is 5.32 Å². The van der Waals surface area contributed by atoms with Crippen LogP contribution >= 0.6 is 11.6 Å². The van der Waals surface area contributed by atoms with Crippen molar-refractivity contribution < 1.29 is 18.7 Å². The maximum absolute atomic E-state index is 13.2. The number of carbonyl (C=O) groups is 2. The maximum Gasteiger partial charge on any atom is 0.253 e. The van der Waals surface area contributed by atoms with Crippen molar-refractivity contribution in [3.05, 3.63) is 100 Å². The van der Waals surface area contributed by atoms with Gasteiger partial charge in [0.25, 0.3) is 5.91 Å². The summed E-state index contributed by atoms with van der Waals surface area (Å²) in [6.07, 6.45) is 0. The Morgan fingerprint density at radius 3 is 2.55 bits per heavy atom. The molecule has 2 amide bonds. The Labute approximate surface area is 197 Å². The van der Waals surface area contributed by atoms with E-state index in [-0.39, 0.29) is 36.6 Å². The van der Waals surface area contributed by atoms with Crippen LogP contribution in [0.4, 0.5) is 4.39 Å². The number of amides is 2. The van der Waals surface area contributed by atoms with Gasteiger partial charge in [-0.3, -0.25) is 9.59 Å². The third-order valence-electron chi connectivity index (χ3n) is 5.92. The second kappa shape index (κ2) is 10.0. The predicted octanol–water partition coefficient (Wildman–Crippen LogP) is 4.66. The van der Waals surface area contributed by atoms with Crippen molar-refractivity contribution in [2.24, 2.45) is 5.92 Å². The topological polar surface area (TPSA) is 58.6 Å². The molecule has 33 heavy (non-hydrogen) atoms. The molecule has 1 aliphatic heterocycles. The van der Waals surface area contributed by atoms with Crippen LogP contribution < -0.4 is 10.1 Å². The normalized spacial score (nSPS) is 17.6. The summed E-state index contributed by atoms with van der Waals surface area (Å²) in [5.41, 5.74) is 2.21. The van der Waals surface area contributed by atoms with E-state index in [1.54, 1.807) is 48.4 Å². The molecule has 2 atom stereocenters. The second-order valence-electron chi connectivity index (χ2n) is 8.05. The molecule has 0 unspecified atom stereocenters. The van der Waals surface area contributed by atoms with Crippen LogP contribution in [0.1, 0.15) is 27.4 Å². The summed E-state index contributed by atoms with van der Waals surface area (Å²) in [5, 5.41) is 3.43. The molecule has 3 aromatic rings. The molecule has 1 aliphatic rings. The van der Waals surface area contributed by atoms with Gasteiger partial charge < -0.3 is 15.0 Å². The van der Waals surface area contributed by atoms with Gasteiger partial charge in [-0.05, 0) is 53.6 Å². The van der Waals surface area contributed by atoms with Gasteiger partial charge in [0.05, 0.1) is 13.0 Å².